The normalized spacial score (nSPS) is 17.9. The van der Waals surface area contributed by atoms with Crippen LogP contribution in [-0.4, -0.2) is 18.4 Å². The summed E-state index contributed by atoms with van der Waals surface area (Å²) in [5.41, 5.74) is 5.57. The molecule has 66 valence electrons. The highest BCUT2D eigenvalue weighted by atomic mass is 16.5. The molecule has 1 atom stereocenters. The highest BCUT2D eigenvalue weighted by Crippen LogP contribution is 2.12. The van der Waals surface area contributed by atoms with Crippen molar-refractivity contribution >= 4 is 5.78 Å². The first-order chi connectivity index (χ1) is 5.75. The number of hydrogen-bond acceptors (Lipinski definition) is 3. The predicted octanol–water partition coefficient (Wildman–Crippen LogP) is 0.763. The standard InChI is InChI=1S/C9H13NO2/c1-2-4-7(10)9(11)8-5-3-6-12-8/h2,5,7H,1,3-4,6,10H2. The quantitative estimate of drug-likeness (QED) is 0.629. The third-order valence-electron chi connectivity index (χ3n) is 1.71. The maximum Gasteiger partial charge on any atom is 0.213 e. The van der Waals surface area contributed by atoms with Crippen LogP contribution in [0, 0.1) is 0 Å². The molecule has 1 rings (SSSR count). The van der Waals surface area contributed by atoms with E-state index in [-0.39, 0.29) is 5.78 Å². The third-order valence-corrected chi connectivity index (χ3v) is 1.71. The summed E-state index contributed by atoms with van der Waals surface area (Å²) in [6.07, 6.45) is 4.73. The van der Waals surface area contributed by atoms with Gasteiger partial charge in [0, 0.05) is 6.42 Å². The third kappa shape index (κ3) is 1.95. The Labute approximate surface area is 71.9 Å². The van der Waals surface area contributed by atoms with Gasteiger partial charge in [0.25, 0.3) is 0 Å². The molecule has 2 N–H and O–H groups in total. The largest absolute Gasteiger partial charge is 0.490 e. The number of carbonyl (C=O) groups excluding carboxylic acids is 1. The van der Waals surface area contributed by atoms with Gasteiger partial charge >= 0.3 is 0 Å². The van der Waals surface area contributed by atoms with Crippen LogP contribution in [0.1, 0.15) is 12.8 Å². The second-order valence-corrected chi connectivity index (χ2v) is 2.70. The predicted molar refractivity (Wildman–Crippen MR) is 46.4 cm³/mol. The van der Waals surface area contributed by atoms with Crippen LogP contribution < -0.4 is 5.73 Å². The Bertz CT molecular complexity index is 221. The topological polar surface area (TPSA) is 52.3 Å². The van der Waals surface area contributed by atoms with Crippen LogP contribution in [-0.2, 0) is 9.53 Å². The summed E-state index contributed by atoms with van der Waals surface area (Å²) in [7, 11) is 0. The number of rotatable bonds is 4. The summed E-state index contributed by atoms with van der Waals surface area (Å²) in [5, 5.41) is 0. The second-order valence-electron chi connectivity index (χ2n) is 2.70. The van der Waals surface area contributed by atoms with Gasteiger partial charge in [0.05, 0.1) is 12.6 Å². The van der Waals surface area contributed by atoms with E-state index in [0.717, 1.165) is 6.42 Å². The molecule has 1 heterocycles. The maximum absolute atomic E-state index is 11.4. The van der Waals surface area contributed by atoms with E-state index in [0.29, 0.717) is 18.8 Å². The summed E-state index contributed by atoms with van der Waals surface area (Å²) in [4.78, 5) is 11.4. The molecule has 0 fully saturated rings. The van der Waals surface area contributed by atoms with Crippen molar-refractivity contribution in [3.05, 3.63) is 24.5 Å². The molecular formula is C9H13NO2. The molecule has 1 aliphatic heterocycles. The molecule has 0 aromatic rings. The zero-order valence-electron chi connectivity index (χ0n) is 6.95. The van der Waals surface area contributed by atoms with Crippen molar-refractivity contribution in [3.8, 4) is 0 Å². The maximum atomic E-state index is 11.4. The van der Waals surface area contributed by atoms with Crippen molar-refractivity contribution in [2.45, 2.75) is 18.9 Å². The molecule has 1 aliphatic rings. The lowest BCUT2D eigenvalue weighted by Gasteiger charge is -2.08. The van der Waals surface area contributed by atoms with Gasteiger partial charge < -0.3 is 10.5 Å². The summed E-state index contributed by atoms with van der Waals surface area (Å²) < 4.78 is 5.08. The minimum absolute atomic E-state index is 0.118. The average Bonchev–Trinajstić information content (AvgIpc) is 2.55. The molecule has 1 unspecified atom stereocenters. The Morgan fingerprint density at radius 2 is 2.67 bits per heavy atom. The Hall–Kier alpha value is -1.09. The van der Waals surface area contributed by atoms with Gasteiger partial charge in [-0.1, -0.05) is 6.08 Å². The van der Waals surface area contributed by atoms with E-state index in [9.17, 15) is 4.79 Å². The fraction of sp³-hybridized carbons (Fsp3) is 0.444. The lowest BCUT2D eigenvalue weighted by Crippen LogP contribution is -2.31. The molecule has 0 bridgehead atoms. The van der Waals surface area contributed by atoms with E-state index < -0.39 is 6.04 Å². The molecule has 0 amide bonds. The monoisotopic (exact) mass is 167 g/mol. The molecule has 0 saturated carbocycles. The van der Waals surface area contributed by atoms with Crippen LogP contribution >= 0.6 is 0 Å². The Morgan fingerprint density at radius 1 is 1.92 bits per heavy atom. The summed E-state index contributed by atoms with van der Waals surface area (Å²) in [5.74, 6) is 0.303. The molecule has 0 aliphatic carbocycles. The fourth-order valence-corrected chi connectivity index (χ4v) is 1.06. The first-order valence-corrected chi connectivity index (χ1v) is 3.99. The van der Waals surface area contributed by atoms with Crippen LogP contribution in [0.3, 0.4) is 0 Å². The first-order valence-electron chi connectivity index (χ1n) is 3.99. The summed E-state index contributed by atoms with van der Waals surface area (Å²) >= 11 is 0. The zero-order valence-corrected chi connectivity index (χ0v) is 6.95. The number of Topliss-reactive ketones (excluding diaryl/α,β-unsaturated/α-hetero) is 1. The second kappa shape index (κ2) is 4.07. The lowest BCUT2D eigenvalue weighted by atomic mass is 10.1. The minimum Gasteiger partial charge on any atom is -0.490 e. The minimum atomic E-state index is -0.494. The van der Waals surface area contributed by atoms with Crippen LogP contribution in [0.2, 0.25) is 0 Å². The SMILES string of the molecule is C=CCC(N)C(=O)C1=CCCO1. The van der Waals surface area contributed by atoms with Crippen LogP contribution in [0.25, 0.3) is 0 Å². The molecule has 0 saturated heterocycles. The highest BCUT2D eigenvalue weighted by molar-refractivity contribution is 5.97. The van der Waals surface area contributed by atoms with E-state index in [1.54, 1.807) is 12.2 Å². The number of carbonyl (C=O) groups is 1. The Kier molecular flexibility index (Phi) is 3.05. The van der Waals surface area contributed by atoms with E-state index >= 15 is 0 Å². The molecule has 0 spiro atoms. The molecular weight excluding hydrogens is 154 g/mol. The van der Waals surface area contributed by atoms with Gasteiger partial charge in [-0.25, -0.2) is 0 Å². The van der Waals surface area contributed by atoms with Gasteiger partial charge in [-0.3, -0.25) is 4.79 Å². The van der Waals surface area contributed by atoms with E-state index in [1.807, 2.05) is 0 Å². The first kappa shape index (κ1) is 9.00. The van der Waals surface area contributed by atoms with Gasteiger partial charge in [-0.05, 0) is 12.5 Å². The Morgan fingerprint density at radius 3 is 3.17 bits per heavy atom. The van der Waals surface area contributed by atoms with Gasteiger partial charge in [-0.2, -0.15) is 0 Å². The van der Waals surface area contributed by atoms with Crippen molar-refractivity contribution in [2.24, 2.45) is 5.73 Å². The van der Waals surface area contributed by atoms with E-state index in [4.69, 9.17) is 10.5 Å². The highest BCUT2D eigenvalue weighted by Gasteiger charge is 2.20. The van der Waals surface area contributed by atoms with E-state index in [1.165, 1.54) is 0 Å². The van der Waals surface area contributed by atoms with Crippen LogP contribution in [0.15, 0.2) is 24.5 Å². The van der Waals surface area contributed by atoms with Gasteiger partial charge in [0.2, 0.25) is 5.78 Å². The number of ketones is 1. The van der Waals surface area contributed by atoms with E-state index in [2.05, 4.69) is 6.58 Å². The Balaban J connectivity index is 2.51. The van der Waals surface area contributed by atoms with Crippen molar-refractivity contribution in [3.63, 3.8) is 0 Å². The molecule has 0 aromatic heterocycles. The zero-order chi connectivity index (χ0) is 8.97. The number of ether oxygens (including phenoxy) is 1. The molecule has 0 aromatic carbocycles. The molecule has 3 heteroatoms. The summed E-state index contributed by atoms with van der Waals surface area (Å²) in [6, 6.07) is -0.494. The van der Waals surface area contributed by atoms with Gasteiger partial charge in [0.15, 0.2) is 5.76 Å². The number of nitrogens with two attached hydrogens (primary N) is 1. The van der Waals surface area contributed by atoms with Crippen molar-refractivity contribution < 1.29 is 9.53 Å². The molecule has 12 heavy (non-hydrogen) atoms. The fourth-order valence-electron chi connectivity index (χ4n) is 1.06. The van der Waals surface area contributed by atoms with Gasteiger partial charge in [-0.15, -0.1) is 6.58 Å². The smallest absolute Gasteiger partial charge is 0.213 e. The van der Waals surface area contributed by atoms with Crippen molar-refractivity contribution in [1.29, 1.82) is 0 Å². The lowest BCUT2D eigenvalue weighted by molar-refractivity contribution is -0.119. The van der Waals surface area contributed by atoms with Crippen molar-refractivity contribution in [1.82, 2.24) is 0 Å². The van der Waals surface area contributed by atoms with Crippen LogP contribution in [0.4, 0.5) is 0 Å². The average molecular weight is 167 g/mol. The van der Waals surface area contributed by atoms with Gasteiger partial charge in [0.1, 0.15) is 0 Å². The summed E-state index contributed by atoms with van der Waals surface area (Å²) in [6.45, 7) is 4.12. The molecule has 3 nitrogen and oxygen atoms in total. The molecule has 0 radical (unpaired) electrons. The number of hydrogen-bond donors (Lipinski definition) is 1. The van der Waals surface area contributed by atoms with Crippen molar-refractivity contribution in [2.75, 3.05) is 6.61 Å². The van der Waals surface area contributed by atoms with Crippen LogP contribution in [0.5, 0.6) is 0 Å².